The van der Waals surface area contributed by atoms with E-state index in [0.717, 1.165) is 16.7 Å². The van der Waals surface area contributed by atoms with Gasteiger partial charge in [-0.25, -0.2) is 0 Å². The number of alkyl halides is 6. The molecule has 0 saturated heterocycles. The fourth-order valence-electron chi connectivity index (χ4n) is 5.15. The average Bonchev–Trinajstić information content (AvgIpc) is 2.97. The Morgan fingerprint density at radius 3 is 1.90 bits per heavy atom. The lowest BCUT2D eigenvalue weighted by atomic mass is 9.80. The summed E-state index contributed by atoms with van der Waals surface area (Å²) >= 11 is 0. The van der Waals surface area contributed by atoms with Crippen LogP contribution in [0.4, 0.5) is 26.3 Å². The second-order valence-corrected chi connectivity index (χ2v) is 10.1. The number of halogens is 6. The molecule has 0 fully saturated rings. The van der Waals surface area contributed by atoms with E-state index in [1.165, 1.54) is 36.5 Å². The molecule has 4 rings (SSSR count). The maximum Gasteiger partial charge on any atom is 0.454 e. The van der Waals surface area contributed by atoms with Gasteiger partial charge in [0.1, 0.15) is 0 Å². The van der Waals surface area contributed by atoms with Gasteiger partial charge in [0, 0.05) is 30.8 Å². The molecule has 0 bridgehead atoms. The van der Waals surface area contributed by atoms with Crippen LogP contribution in [0.15, 0.2) is 91.1 Å². The minimum absolute atomic E-state index is 0.154. The van der Waals surface area contributed by atoms with E-state index in [0.29, 0.717) is 25.8 Å². The summed E-state index contributed by atoms with van der Waals surface area (Å²) in [5.74, 6) is -4.25. The second-order valence-electron chi connectivity index (χ2n) is 10.1. The van der Waals surface area contributed by atoms with Crippen molar-refractivity contribution < 1.29 is 35.9 Å². The first-order chi connectivity index (χ1) is 19.9. The molecule has 1 aliphatic rings. The van der Waals surface area contributed by atoms with Crippen molar-refractivity contribution in [2.45, 2.75) is 51.0 Å². The van der Waals surface area contributed by atoms with Gasteiger partial charge >= 0.3 is 12.4 Å². The van der Waals surface area contributed by atoms with Gasteiger partial charge in [-0.05, 0) is 54.0 Å². The third-order valence-corrected chi connectivity index (χ3v) is 7.21. The van der Waals surface area contributed by atoms with Gasteiger partial charge in [-0.3, -0.25) is 9.59 Å². The number of carbonyl (C=O) groups excluding carboxylic acids is 2. The number of hydrogen-bond donors (Lipinski definition) is 0. The van der Waals surface area contributed by atoms with Crippen molar-refractivity contribution in [3.8, 4) is 0 Å². The predicted octanol–water partition coefficient (Wildman–Crippen LogP) is 8.32. The molecular formula is C33H29F6NO2. The lowest BCUT2D eigenvalue weighted by molar-refractivity contribution is -0.164. The minimum Gasteiger partial charge on any atom is -0.373 e. The number of fused-ring (bicyclic) bond motifs is 1. The highest BCUT2D eigenvalue weighted by molar-refractivity contribution is 6.24. The highest BCUT2D eigenvalue weighted by atomic mass is 19.4. The lowest BCUT2D eigenvalue weighted by Crippen LogP contribution is -2.26. The van der Waals surface area contributed by atoms with Crippen LogP contribution < -0.4 is 0 Å². The molecule has 220 valence electrons. The van der Waals surface area contributed by atoms with E-state index < -0.39 is 41.0 Å². The molecule has 3 nitrogen and oxygen atoms in total. The van der Waals surface area contributed by atoms with Crippen LogP contribution in [0.3, 0.4) is 0 Å². The van der Waals surface area contributed by atoms with Gasteiger partial charge in [0.05, 0.1) is 5.57 Å². The summed E-state index contributed by atoms with van der Waals surface area (Å²) < 4.78 is 80.6. The van der Waals surface area contributed by atoms with E-state index in [4.69, 9.17) is 0 Å². The Morgan fingerprint density at radius 1 is 0.810 bits per heavy atom. The number of benzene rings is 3. The predicted molar refractivity (Wildman–Crippen MR) is 149 cm³/mol. The molecule has 3 aromatic carbocycles. The highest BCUT2D eigenvalue weighted by Crippen LogP contribution is 2.37. The Balaban J connectivity index is 1.65. The zero-order valence-electron chi connectivity index (χ0n) is 22.8. The Morgan fingerprint density at radius 2 is 1.36 bits per heavy atom. The number of aryl methyl sites for hydroxylation is 1. The molecule has 0 aliphatic heterocycles. The summed E-state index contributed by atoms with van der Waals surface area (Å²) in [7, 11) is 0. The van der Waals surface area contributed by atoms with Crippen molar-refractivity contribution in [2.24, 2.45) is 0 Å². The van der Waals surface area contributed by atoms with Crippen LogP contribution in [0, 0.1) is 0 Å². The van der Waals surface area contributed by atoms with Crippen molar-refractivity contribution in [1.82, 2.24) is 4.90 Å². The van der Waals surface area contributed by atoms with Crippen LogP contribution in [-0.2, 0) is 22.6 Å². The Bertz CT molecular complexity index is 1470. The van der Waals surface area contributed by atoms with E-state index in [1.54, 1.807) is 54.3 Å². The smallest absolute Gasteiger partial charge is 0.373 e. The molecule has 0 saturated carbocycles. The molecule has 0 aromatic heterocycles. The lowest BCUT2D eigenvalue weighted by Gasteiger charge is -2.26. The third kappa shape index (κ3) is 7.38. The summed E-state index contributed by atoms with van der Waals surface area (Å²) in [6, 6.07) is 20.9. The van der Waals surface area contributed by atoms with Gasteiger partial charge in [0.25, 0.3) is 11.6 Å². The SMILES string of the molecule is CCN(/C=C(/C(=O)C(F)(F)F)c1ccccc1)Cc1ccc2c(c1)CCCC2/C=C(\C(=O)C(F)(F)F)c1ccccc1. The highest BCUT2D eigenvalue weighted by Gasteiger charge is 2.42. The number of Topliss-reactive ketones (excluding diaryl/α,β-unsaturated/α-hetero) is 2. The summed E-state index contributed by atoms with van der Waals surface area (Å²) in [4.78, 5) is 26.3. The molecule has 42 heavy (non-hydrogen) atoms. The van der Waals surface area contributed by atoms with E-state index in [-0.39, 0.29) is 17.7 Å². The zero-order valence-corrected chi connectivity index (χ0v) is 22.8. The van der Waals surface area contributed by atoms with E-state index in [1.807, 2.05) is 12.1 Å². The summed E-state index contributed by atoms with van der Waals surface area (Å²) in [5.41, 5.74) is 1.98. The monoisotopic (exact) mass is 585 g/mol. The molecule has 0 heterocycles. The van der Waals surface area contributed by atoms with Crippen LogP contribution in [-0.4, -0.2) is 35.4 Å². The molecule has 0 amide bonds. The van der Waals surface area contributed by atoms with Crippen molar-refractivity contribution in [2.75, 3.05) is 6.54 Å². The topological polar surface area (TPSA) is 37.4 Å². The van der Waals surface area contributed by atoms with Gasteiger partial charge in [0.15, 0.2) is 0 Å². The number of nitrogens with zero attached hydrogens (tertiary/aromatic N) is 1. The molecular weight excluding hydrogens is 556 g/mol. The zero-order chi connectivity index (χ0) is 30.5. The fraction of sp³-hybridized carbons (Fsp3) is 0.273. The maximum absolute atomic E-state index is 13.5. The minimum atomic E-state index is -5.04. The van der Waals surface area contributed by atoms with Crippen LogP contribution in [0.2, 0.25) is 0 Å². The van der Waals surface area contributed by atoms with Gasteiger partial charge in [-0.15, -0.1) is 0 Å². The van der Waals surface area contributed by atoms with Gasteiger partial charge in [0.2, 0.25) is 0 Å². The normalized spacial score (nSPS) is 16.1. The number of allylic oxidation sites excluding steroid dienone is 3. The molecule has 3 aromatic rings. The van der Waals surface area contributed by atoms with Crippen LogP contribution in [0.1, 0.15) is 53.5 Å². The molecule has 0 N–H and O–H groups in total. The van der Waals surface area contributed by atoms with Crippen molar-refractivity contribution in [3.05, 3.63) is 119 Å². The van der Waals surface area contributed by atoms with Crippen LogP contribution >= 0.6 is 0 Å². The Labute approximate surface area is 240 Å². The third-order valence-electron chi connectivity index (χ3n) is 7.21. The average molecular weight is 586 g/mol. The van der Waals surface area contributed by atoms with Gasteiger partial charge in [-0.2, -0.15) is 26.3 Å². The molecule has 1 atom stereocenters. The fourth-order valence-corrected chi connectivity index (χ4v) is 5.15. The van der Waals surface area contributed by atoms with Gasteiger partial charge < -0.3 is 4.90 Å². The number of carbonyl (C=O) groups is 2. The summed E-state index contributed by atoms with van der Waals surface area (Å²) in [5, 5.41) is 0. The van der Waals surface area contributed by atoms with Crippen LogP contribution in [0.25, 0.3) is 11.1 Å². The Hall–Kier alpha value is -4.14. The van der Waals surface area contributed by atoms with E-state index >= 15 is 0 Å². The standard InChI is InChI=1S/C33H29F6NO2/c1-2-40(21-29(31(42)33(37,38)39)24-12-7-4-8-13-24)20-22-16-17-27-25(18-22)14-9-15-26(27)19-28(30(41)32(34,35)36)23-10-5-3-6-11-23/h3-8,10-13,16-19,21,26H,2,9,14-15,20H2,1H3/b28-19-,29-21+. The number of rotatable bonds is 9. The van der Waals surface area contributed by atoms with Crippen molar-refractivity contribution in [3.63, 3.8) is 0 Å². The largest absolute Gasteiger partial charge is 0.454 e. The first kappa shape index (κ1) is 30.8. The van der Waals surface area contributed by atoms with E-state index in [9.17, 15) is 35.9 Å². The first-order valence-electron chi connectivity index (χ1n) is 13.5. The number of hydrogen-bond acceptors (Lipinski definition) is 3. The van der Waals surface area contributed by atoms with Crippen molar-refractivity contribution in [1.29, 1.82) is 0 Å². The molecule has 1 unspecified atom stereocenters. The van der Waals surface area contributed by atoms with Crippen molar-refractivity contribution >= 4 is 22.7 Å². The second kappa shape index (κ2) is 12.8. The first-order valence-corrected chi connectivity index (χ1v) is 13.5. The van der Waals surface area contributed by atoms with E-state index in [2.05, 4.69) is 0 Å². The van der Waals surface area contributed by atoms with Gasteiger partial charge in [-0.1, -0.05) is 84.9 Å². The number of ketones is 2. The summed E-state index contributed by atoms with van der Waals surface area (Å²) in [6.45, 7) is 2.30. The molecule has 0 spiro atoms. The summed E-state index contributed by atoms with van der Waals surface area (Å²) in [6.07, 6.45) is -5.50. The quantitative estimate of drug-likeness (QED) is 0.187. The van der Waals surface area contributed by atoms with Crippen LogP contribution in [0.5, 0.6) is 0 Å². The molecule has 1 aliphatic carbocycles. The maximum atomic E-state index is 13.5. The molecule has 9 heteroatoms. The Kier molecular flexibility index (Phi) is 9.39. The molecule has 0 radical (unpaired) electrons.